The van der Waals surface area contributed by atoms with Crippen molar-refractivity contribution in [1.82, 2.24) is 5.32 Å². The average molecular weight is 300 g/mol. The molecule has 0 aromatic carbocycles. The quantitative estimate of drug-likeness (QED) is 0.904. The van der Waals surface area contributed by atoms with Crippen LogP contribution in [0.3, 0.4) is 0 Å². The Bertz CT molecular complexity index is 449. The van der Waals surface area contributed by atoms with Crippen molar-refractivity contribution in [3.63, 3.8) is 0 Å². The molecule has 0 saturated carbocycles. The van der Waals surface area contributed by atoms with Crippen LogP contribution in [0.4, 0.5) is 0 Å². The lowest BCUT2D eigenvalue weighted by molar-refractivity contribution is 0.481. The molecule has 2 aromatic heterocycles. The maximum Gasteiger partial charge on any atom is 0.131 e. The second kappa shape index (κ2) is 5.66. The molecule has 86 valence electrons. The van der Waals surface area contributed by atoms with E-state index in [1.54, 1.807) is 6.26 Å². The highest BCUT2D eigenvalue weighted by atomic mass is 79.9. The van der Waals surface area contributed by atoms with Gasteiger partial charge < -0.3 is 9.73 Å². The lowest BCUT2D eigenvalue weighted by Crippen LogP contribution is -2.12. The Morgan fingerprint density at radius 1 is 1.38 bits per heavy atom. The Kier molecular flexibility index (Phi) is 4.21. The summed E-state index contributed by atoms with van der Waals surface area (Å²) in [5.41, 5.74) is 1.44. The maximum absolute atomic E-state index is 5.33. The predicted molar refractivity (Wildman–Crippen MR) is 70.6 cm³/mol. The van der Waals surface area contributed by atoms with Crippen molar-refractivity contribution in [2.75, 3.05) is 0 Å². The van der Waals surface area contributed by atoms with Gasteiger partial charge in [0, 0.05) is 11.4 Å². The number of halogens is 1. The summed E-state index contributed by atoms with van der Waals surface area (Å²) in [4.78, 5) is 1.42. The van der Waals surface area contributed by atoms with Gasteiger partial charge in [-0.25, -0.2) is 0 Å². The minimum Gasteiger partial charge on any atom is -0.467 e. The van der Waals surface area contributed by atoms with Crippen LogP contribution in [0.15, 0.2) is 32.7 Å². The van der Waals surface area contributed by atoms with Gasteiger partial charge in [-0.3, -0.25) is 0 Å². The van der Waals surface area contributed by atoms with Crippen LogP contribution in [0, 0.1) is 0 Å². The van der Waals surface area contributed by atoms with E-state index >= 15 is 0 Å². The first kappa shape index (κ1) is 11.9. The van der Waals surface area contributed by atoms with Gasteiger partial charge in [0.25, 0.3) is 0 Å². The molecular formula is C12H14BrNOS. The Hall–Kier alpha value is -0.580. The highest BCUT2D eigenvalue weighted by Crippen LogP contribution is 2.19. The first-order valence-corrected chi connectivity index (χ1v) is 6.96. The number of hydrogen-bond donors (Lipinski definition) is 1. The monoisotopic (exact) mass is 299 g/mol. The van der Waals surface area contributed by atoms with Gasteiger partial charge in [0.15, 0.2) is 0 Å². The molecule has 0 unspecified atom stereocenters. The lowest BCUT2D eigenvalue weighted by atomic mass is 10.2. The number of furan rings is 1. The first-order chi connectivity index (χ1) is 7.81. The van der Waals surface area contributed by atoms with Gasteiger partial charge in [-0.05, 0) is 45.4 Å². The number of aryl methyl sites for hydroxylation is 1. The molecule has 0 radical (unpaired) electrons. The molecule has 2 aromatic rings. The normalized spacial score (nSPS) is 10.9. The fraction of sp³-hybridized carbons (Fsp3) is 0.333. The third-order valence-electron chi connectivity index (χ3n) is 2.48. The third-order valence-corrected chi connectivity index (χ3v) is 4.15. The molecule has 16 heavy (non-hydrogen) atoms. The molecule has 0 saturated heterocycles. The molecule has 4 heteroatoms. The van der Waals surface area contributed by atoms with E-state index < -0.39 is 0 Å². The summed E-state index contributed by atoms with van der Waals surface area (Å²) in [5, 5.41) is 5.54. The number of rotatable bonds is 5. The van der Waals surface area contributed by atoms with Crippen molar-refractivity contribution in [3.05, 3.63) is 44.4 Å². The van der Waals surface area contributed by atoms with Crippen molar-refractivity contribution in [2.24, 2.45) is 0 Å². The van der Waals surface area contributed by atoms with E-state index in [9.17, 15) is 0 Å². The summed E-state index contributed by atoms with van der Waals surface area (Å²) in [7, 11) is 0. The average Bonchev–Trinajstić information content (AvgIpc) is 2.88. The van der Waals surface area contributed by atoms with Gasteiger partial charge in [0.2, 0.25) is 0 Å². The van der Waals surface area contributed by atoms with Crippen LogP contribution in [0.25, 0.3) is 0 Å². The van der Waals surface area contributed by atoms with Gasteiger partial charge >= 0.3 is 0 Å². The second-order valence-corrected chi connectivity index (χ2v) is 5.37. The third kappa shape index (κ3) is 2.75. The van der Waals surface area contributed by atoms with Crippen LogP contribution in [-0.4, -0.2) is 0 Å². The highest BCUT2D eigenvalue weighted by molar-refractivity contribution is 9.10. The van der Waals surface area contributed by atoms with Crippen molar-refractivity contribution in [2.45, 2.75) is 26.4 Å². The summed E-state index contributed by atoms with van der Waals surface area (Å²) in [6.45, 7) is 3.86. The standard InChI is InChI=1S/C12H14BrNOS/c1-2-9-4-6-16-12(9)8-14-7-11-10(13)3-5-15-11/h3-6,14H,2,7-8H2,1H3. The SMILES string of the molecule is CCc1ccsc1CNCc1occc1Br. The zero-order valence-electron chi connectivity index (χ0n) is 9.13. The van der Waals surface area contributed by atoms with Gasteiger partial charge in [0.05, 0.1) is 17.3 Å². The Balaban J connectivity index is 1.87. The minimum atomic E-state index is 0.759. The van der Waals surface area contributed by atoms with E-state index in [4.69, 9.17) is 4.42 Å². The molecule has 0 fully saturated rings. The van der Waals surface area contributed by atoms with Crippen molar-refractivity contribution in [1.29, 1.82) is 0 Å². The van der Waals surface area contributed by atoms with Crippen LogP contribution in [0.2, 0.25) is 0 Å². The van der Waals surface area contributed by atoms with Crippen molar-refractivity contribution < 1.29 is 4.42 Å². The molecule has 0 aliphatic carbocycles. The molecule has 2 rings (SSSR count). The molecule has 2 nitrogen and oxygen atoms in total. The van der Waals surface area contributed by atoms with E-state index in [0.29, 0.717) is 0 Å². The van der Waals surface area contributed by atoms with Gasteiger partial charge in [0.1, 0.15) is 5.76 Å². The maximum atomic E-state index is 5.33. The summed E-state index contributed by atoms with van der Waals surface area (Å²) < 4.78 is 6.36. The van der Waals surface area contributed by atoms with Crippen LogP contribution in [0.5, 0.6) is 0 Å². The highest BCUT2D eigenvalue weighted by Gasteiger charge is 2.05. The van der Waals surface area contributed by atoms with E-state index in [-0.39, 0.29) is 0 Å². The fourth-order valence-corrected chi connectivity index (χ4v) is 2.87. The van der Waals surface area contributed by atoms with Crippen LogP contribution < -0.4 is 5.32 Å². The Labute approximate surface area is 108 Å². The lowest BCUT2D eigenvalue weighted by Gasteiger charge is -2.03. The van der Waals surface area contributed by atoms with Crippen molar-refractivity contribution >= 4 is 27.3 Å². The summed E-state index contributed by atoms with van der Waals surface area (Å²) >= 11 is 5.25. The van der Waals surface area contributed by atoms with E-state index in [1.807, 2.05) is 17.4 Å². The van der Waals surface area contributed by atoms with Gasteiger partial charge in [-0.15, -0.1) is 11.3 Å². The molecule has 0 atom stereocenters. The van der Waals surface area contributed by atoms with E-state index in [1.165, 1.54) is 10.4 Å². The van der Waals surface area contributed by atoms with E-state index in [2.05, 4.69) is 39.6 Å². The largest absolute Gasteiger partial charge is 0.467 e. The van der Waals surface area contributed by atoms with Crippen LogP contribution in [0.1, 0.15) is 23.1 Å². The first-order valence-electron chi connectivity index (χ1n) is 5.29. The topological polar surface area (TPSA) is 25.2 Å². The molecule has 0 aliphatic rings. The molecule has 1 N–H and O–H groups in total. The Morgan fingerprint density at radius 2 is 2.25 bits per heavy atom. The number of thiophene rings is 1. The summed E-state index contributed by atoms with van der Waals surface area (Å²) in [6, 6.07) is 4.12. The Morgan fingerprint density at radius 3 is 2.94 bits per heavy atom. The molecule has 0 amide bonds. The molecule has 0 aliphatic heterocycles. The molecule has 0 bridgehead atoms. The number of hydrogen-bond acceptors (Lipinski definition) is 3. The van der Waals surface area contributed by atoms with Crippen LogP contribution in [-0.2, 0) is 19.5 Å². The summed E-state index contributed by atoms with van der Waals surface area (Å²) in [6.07, 6.45) is 2.80. The van der Waals surface area contributed by atoms with Crippen molar-refractivity contribution in [3.8, 4) is 0 Å². The second-order valence-electron chi connectivity index (χ2n) is 3.52. The minimum absolute atomic E-state index is 0.759. The smallest absolute Gasteiger partial charge is 0.131 e. The van der Waals surface area contributed by atoms with Crippen LogP contribution >= 0.6 is 27.3 Å². The zero-order valence-corrected chi connectivity index (χ0v) is 11.5. The fourth-order valence-electron chi connectivity index (χ4n) is 1.58. The van der Waals surface area contributed by atoms with Gasteiger partial charge in [-0.2, -0.15) is 0 Å². The van der Waals surface area contributed by atoms with E-state index in [0.717, 1.165) is 29.7 Å². The molecule has 2 heterocycles. The molecular weight excluding hydrogens is 286 g/mol. The predicted octanol–water partition coefficient (Wildman–Crippen LogP) is 3.96. The zero-order chi connectivity index (χ0) is 11.4. The summed E-state index contributed by atoms with van der Waals surface area (Å²) in [5.74, 6) is 0.953. The molecule has 0 spiro atoms. The number of nitrogens with one attached hydrogen (secondary N) is 1. The van der Waals surface area contributed by atoms with Gasteiger partial charge in [-0.1, -0.05) is 6.92 Å².